The highest BCUT2D eigenvalue weighted by molar-refractivity contribution is 5.95. The van der Waals surface area contributed by atoms with Crippen LogP contribution in [-0.2, 0) is 0 Å². The minimum absolute atomic E-state index is 0.0270. The third kappa shape index (κ3) is 4.66. The standard InChI is InChI=1S/C22H24N6O3/c1-30-17-7-6-16(13-18(17)31-2)22(29)28-11-9-27(10-12-28)21-14-20(24-15-25-21)26-19-5-3-4-8-23-19/h3-8,13-15H,9-12H2,1-2H3,(H,23,24,25,26). The van der Waals surface area contributed by atoms with Gasteiger partial charge in [-0.05, 0) is 30.3 Å². The number of methoxy groups -OCH3 is 2. The maximum Gasteiger partial charge on any atom is 0.254 e. The average molecular weight is 420 g/mol. The minimum atomic E-state index is -0.0270. The molecule has 1 saturated heterocycles. The molecular weight excluding hydrogens is 396 g/mol. The van der Waals surface area contributed by atoms with Crippen LogP contribution in [0.15, 0.2) is 55.0 Å². The van der Waals surface area contributed by atoms with Crippen LogP contribution in [0.25, 0.3) is 0 Å². The van der Waals surface area contributed by atoms with E-state index in [1.165, 1.54) is 6.33 Å². The van der Waals surface area contributed by atoms with Crippen LogP contribution in [0.3, 0.4) is 0 Å². The highest BCUT2D eigenvalue weighted by Gasteiger charge is 2.24. The van der Waals surface area contributed by atoms with Gasteiger partial charge in [-0.3, -0.25) is 4.79 Å². The zero-order chi connectivity index (χ0) is 21.6. The van der Waals surface area contributed by atoms with Gasteiger partial charge in [0.25, 0.3) is 5.91 Å². The van der Waals surface area contributed by atoms with E-state index in [1.807, 2.05) is 29.2 Å². The molecule has 160 valence electrons. The summed E-state index contributed by atoms with van der Waals surface area (Å²) in [6.45, 7) is 2.55. The third-order valence-corrected chi connectivity index (χ3v) is 5.10. The van der Waals surface area contributed by atoms with E-state index in [-0.39, 0.29) is 5.91 Å². The van der Waals surface area contributed by atoms with E-state index in [0.717, 1.165) is 11.6 Å². The van der Waals surface area contributed by atoms with Crippen molar-refractivity contribution < 1.29 is 14.3 Å². The van der Waals surface area contributed by atoms with Crippen molar-refractivity contribution in [2.75, 3.05) is 50.6 Å². The van der Waals surface area contributed by atoms with Gasteiger partial charge in [0.1, 0.15) is 23.8 Å². The quantitative estimate of drug-likeness (QED) is 0.651. The number of carbonyl (C=O) groups is 1. The zero-order valence-corrected chi connectivity index (χ0v) is 17.5. The van der Waals surface area contributed by atoms with Crippen LogP contribution in [0.4, 0.5) is 17.5 Å². The van der Waals surface area contributed by atoms with Crippen LogP contribution in [0, 0.1) is 0 Å². The Hall–Kier alpha value is -3.88. The van der Waals surface area contributed by atoms with Crippen LogP contribution in [0.2, 0.25) is 0 Å². The normalized spacial score (nSPS) is 13.6. The molecule has 1 aromatic carbocycles. The number of pyridine rings is 1. The summed E-state index contributed by atoms with van der Waals surface area (Å²) in [5.74, 6) is 3.32. The van der Waals surface area contributed by atoms with Crippen molar-refractivity contribution in [1.29, 1.82) is 0 Å². The average Bonchev–Trinajstić information content (AvgIpc) is 2.84. The van der Waals surface area contributed by atoms with Gasteiger partial charge in [0.15, 0.2) is 11.5 Å². The number of benzene rings is 1. The third-order valence-electron chi connectivity index (χ3n) is 5.10. The largest absolute Gasteiger partial charge is 0.493 e. The summed E-state index contributed by atoms with van der Waals surface area (Å²) in [6.07, 6.45) is 3.25. The number of nitrogens with zero attached hydrogens (tertiary/aromatic N) is 5. The lowest BCUT2D eigenvalue weighted by atomic mass is 10.1. The van der Waals surface area contributed by atoms with Crippen molar-refractivity contribution in [1.82, 2.24) is 19.9 Å². The zero-order valence-electron chi connectivity index (χ0n) is 17.5. The van der Waals surface area contributed by atoms with E-state index in [2.05, 4.69) is 25.2 Å². The molecule has 1 N–H and O–H groups in total. The number of hydrogen-bond donors (Lipinski definition) is 1. The van der Waals surface area contributed by atoms with Crippen LogP contribution in [-0.4, -0.2) is 66.2 Å². The summed E-state index contributed by atoms with van der Waals surface area (Å²) in [6, 6.07) is 12.8. The van der Waals surface area contributed by atoms with Crippen molar-refractivity contribution in [3.05, 3.63) is 60.6 Å². The van der Waals surface area contributed by atoms with Crippen molar-refractivity contribution >= 4 is 23.4 Å². The molecule has 31 heavy (non-hydrogen) atoms. The van der Waals surface area contributed by atoms with Gasteiger partial charge in [0, 0.05) is 44.0 Å². The van der Waals surface area contributed by atoms with E-state index in [4.69, 9.17) is 9.47 Å². The minimum Gasteiger partial charge on any atom is -0.493 e. The summed E-state index contributed by atoms with van der Waals surface area (Å²) in [5, 5.41) is 3.18. The fourth-order valence-corrected chi connectivity index (χ4v) is 3.45. The van der Waals surface area contributed by atoms with Gasteiger partial charge in [-0.15, -0.1) is 0 Å². The van der Waals surface area contributed by atoms with Crippen LogP contribution >= 0.6 is 0 Å². The highest BCUT2D eigenvalue weighted by atomic mass is 16.5. The van der Waals surface area contributed by atoms with Crippen LogP contribution in [0.1, 0.15) is 10.4 Å². The smallest absolute Gasteiger partial charge is 0.254 e. The predicted molar refractivity (Wildman–Crippen MR) is 117 cm³/mol. The second-order valence-electron chi connectivity index (χ2n) is 6.95. The Kier molecular flexibility index (Phi) is 6.11. The number of amides is 1. The summed E-state index contributed by atoms with van der Waals surface area (Å²) >= 11 is 0. The molecule has 0 radical (unpaired) electrons. The summed E-state index contributed by atoms with van der Waals surface area (Å²) in [4.78, 5) is 29.8. The molecule has 1 amide bonds. The second kappa shape index (κ2) is 9.29. The lowest BCUT2D eigenvalue weighted by Gasteiger charge is -2.35. The molecule has 9 heteroatoms. The predicted octanol–water partition coefficient (Wildman–Crippen LogP) is 2.59. The molecule has 0 unspecified atom stereocenters. The Morgan fingerprint density at radius 2 is 1.71 bits per heavy atom. The maximum absolute atomic E-state index is 12.9. The summed E-state index contributed by atoms with van der Waals surface area (Å²) in [5.41, 5.74) is 0.579. The molecule has 1 aliphatic heterocycles. The molecule has 9 nitrogen and oxygen atoms in total. The fraction of sp³-hybridized carbons (Fsp3) is 0.273. The Morgan fingerprint density at radius 1 is 0.903 bits per heavy atom. The number of hydrogen-bond acceptors (Lipinski definition) is 8. The summed E-state index contributed by atoms with van der Waals surface area (Å²) in [7, 11) is 3.13. The Morgan fingerprint density at radius 3 is 2.42 bits per heavy atom. The molecule has 0 atom stereocenters. The highest BCUT2D eigenvalue weighted by Crippen LogP contribution is 2.28. The fourth-order valence-electron chi connectivity index (χ4n) is 3.45. The van der Waals surface area contributed by atoms with E-state index in [1.54, 1.807) is 38.6 Å². The molecule has 3 heterocycles. The molecule has 1 fully saturated rings. The number of anilines is 3. The van der Waals surface area contributed by atoms with E-state index in [9.17, 15) is 4.79 Å². The summed E-state index contributed by atoms with van der Waals surface area (Å²) < 4.78 is 10.6. The number of ether oxygens (including phenoxy) is 2. The van der Waals surface area contributed by atoms with E-state index in [0.29, 0.717) is 49.1 Å². The van der Waals surface area contributed by atoms with Crippen molar-refractivity contribution in [2.24, 2.45) is 0 Å². The number of nitrogens with one attached hydrogen (secondary N) is 1. The van der Waals surface area contributed by atoms with E-state index < -0.39 is 0 Å². The van der Waals surface area contributed by atoms with Crippen molar-refractivity contribution in [3.8, 4) is 11.5 Å². The van der Waals surface area contributed by atoms with Gasteiger partial charge in [-0.1, -0.05) is 6.07 Å². The first-order valence-electron chi connectivity index (χ1n) is 9.94. The van der Waals surface area contributed by atoms with Gasteiger partial charge in [-0.2, -0.15) is 0 Å². The van der Waals surface area contributed by atoms with Gasteiger partial charge >= 0.3 is 0 Å². The lowest BCUT2D eigenvalue weighted by molar-refractivity contribution is 0.0746. The number of carbonyl (C=O) groups excluding carboxylic acids is 1. The van der Waals surface area contributed by atoms with Gasteiger partial charge in [0.05, 0.1) is 14.2 Å². The first kappa shape index (κ1) is 20.4. The van der Waals surface area contributed by atoms with Crippen LogP contribution in [0.5, 0.6) is 11.5 Å². The molecule has 0 bridgehead atoms. The Balaban J connectivity index is 1.40. The first-order valence-corrected chi connectivity index (χ1v) is 9.94. The molecular formula is C22H24N6O3. The number of aromatic nitrogens is 3. The van der Waals surface area contributed by atoms with Gasteiger partial charge < -0.3 is 24.6 Å². The Bertz CT molecular complexity index is 1040. The van der Waals surface area contributed by atoms with Crippen molar-refractivity contribution in [3.63, 3.8) is 0 Å². The molecule has 4 rings (SSSR count). The molecule has 2 aromatic heterocycles. The molecule has 0 saturated carbocycles. The molecule has 1 aliphatic rings. The number of rotatable bonds is 6. The van der Waals surface area contributed by atoms with Crippen molar-refractivity contribution in [2.45, 2.75) is 0 Å². The first-order chi connectivity index (χ1) is 15.2. The van der Waals surface area contributed by atoms with Gasteiger partial charge in [-0.25, -0.2) is 15.0 Å². The lowest BCUT2D eigenvalue weighted by Crippen LogP contribution is -2.49. The Labute approximate surface area is 180 Å². The number of piperazine rings is 1. The van der Waals surface area contributed by atoms with E-state index >= 15 is 0 Å². The second-order valence-corrected chi connectivity index (χ2v) is 6.95. The SMILES string of the molecule is COc1ccc(C(=O)N2CCN(c3cc(Nc4ccccn4)ncn3)CC2)cc1OC. The van der Waals surface area contributed by atoms with Gasteiger partial charge in [0.2, 0.25) is 0 Å². The molecule has 0 aliphatic carbocycles. The molecule has 3 aromatic rings. The topological polar surface area (TPSA) is 92.7 Å². The van der Waals surface area contributed by atoms with Crippen LogP contribution < -0.4 is 19.7 Å². The maximum atomic E-state index is 12.9. The monoisotopic (exact) mass is 420 g/mol. The molecule has 0 spiro atoms.